The van der Waals surface area contributed by atoms with Crippen LogP contribution in [-0.4, -0.2) is 38.2 Å². The maximum Gasteiger partial charge on any atom is 0.345 e. The molecule has 0 bridgehead atoms. The van der Waals surface area contributed by atoms with Gasteiger partial charge in [0.25, 0.3) is 0 Å². The first kappa shape index (κ1) is 15.9. The molecule has 1 saturated heterocycles. The van der Waals surface area contributed by atoms with Gasteiger partial charge in [-0.15, -0.1) is 0 Å². The summed E-state index contributed by atoms with van der Waals surface area (Å²) in [7, 11) is 1.74. The number of aromatic nitrogens is 3. The number of nitrogens with zero attached hydrogens (tertiary/aromatic N) is 4. The van der Waals surface area contributed by atoms with E-state index in [2.05, 4.69) is 10.00 Å². The molecule has 1 aliphatic heterocycles. The van der Waals surface area contributed by atoms with Gasteiger partial charge in [0.05, 0.1) is 0 Å². The van der Waals surface area contributed by atoms with Crippen molar-refractivity contribution < 1.29 is 4.79 Å². The van der Waals surface area contributed by atoms with Gasteiger partial charge in [-0.05, 0) is 38.5 Å². The lowest BCUT2D eigenvalue weighted by Crippen LogP contribution is -2.42. The van der Waals surface area contributed by atoms with E-state index in [0.717, 1.165) is 57.4 Å². The first-order valence-corrected chi connectivity index (χ1v) is 9.59. The van der Waals surface area contributed by atoms with E-state index in [-0.39, 0.29) is 11.6 Å². The third-order valence-corrected chi connectivity index (χ3v) is 6.02. The standard InChI is InChI=1S/C18H28N4O2/c1-20-18(24)22(15-7-8-15)16(19-20)13-9-11-21(12-10-13)17(23)14-5-3-2-4-6-14/h13-15H,2-12H2,1H3. The molecule has 6 nitrogen and oxygen atoms in total. The lowest BCUT2D eigenvalue weighted by molar-refractivity contribution is -0.137. The van der Waals surface area contributed by atoms with Gasteiger partial charge in [-0.2, -0.15) is 5.10 Å². The molecular formula is C18H28N4O2. The van der Waals surface area contributed by atoms with E-state index >= 15 is 0 Å². The molecule has 1 amide bonds. The molecule has 2 aliphatic carbocycles. The van der Waals surface area contributed by atoms with Gasteiger partial charge in [-0.3, -0.25) is 9.36 Å². The second-order valence-electron chi connectivity index (χ2n) is 7.80. The Balaban J connectivity index is 1.42. The van der Waals surface area contributed by atoms with Crippen LogP contribution in [0.25, 0.3) is 0 Å². The van der Waals surface area contributed by atoms with E-state index in [1.165, 1.54) is 23.9 Å². The summed E-state index contributed by atoms with van der Waals surface area (Å²) in [5, 5.41) is 4.52. The van der Waals surface area contributed by atoms with Crippen molar-refractivity contribution in [3.8, 4) is 0 Å². The fourth-order valence-corrected chi connectivity index (χ4v) is 4.42. The molecule has 0 radical (unpaired) electrons. The Labute approximate surface area is 142 Å². The highest BCUT2D eigenvalue weighted by Gasteiger charge is 2.35. The van der Waals surface area contributed by atoms with Crippen LogP contribution >= 0.6 is 0 Å². The number of aryl methyl sites for hydroxylation is 1. The quantitative estimate of drug-likeness (QED) is 0.852. The summed E-state index contributed by atoms with van der Waals surface area (Å²) in [5.74, 6) is 1.90. The van der Waals surface area contributed by atoms with Gasteiger partial charge >= 0.3 is 5.69 Å². The highest BCUT2D eigenvalue weighted by molar-refractivity contribution is 5.79. The van der Waals surface area contributed by atoms with Gasteiger partial charge < -0.3 is 4.90 Å². The van der Waals surface area contributed by atoms with Crippen LogP contribution in [0.3, 0.4) is 0 Å². The van der Waals surface area contributed by atoms with Crippen molar-refractivity contribution in [2.24, 2.45) is 13.0 Å². The van der Waals surface area contributed by atoms with Crippen molar-refractivity contribution in [1.29, 1.82) is 0 Å². The van der Waals surface area contributed by atoms with Crippen LogP contribution in [0, 0.1) is 5.92 Å². The summed E-state index contributed by atoms with van der Waals surface area (Å²) in [6.07, 6.45) is 9.88. The maximum atomic E-state index is 12.7. The van der Waals surface area contributed by atoms with Crippen LogP contribution in [0.4, 0.5) is 0 Å². The van der Waals surface area contributed by atoms with E-state index in [0.29, 0.717) is 17.9 Å². The molecule has 0 spiro atoms. The molecule has 2 heterocycles. The van der Waals surface area contributed by atoms with E-state index in [1.807, 2.05) is 4.57 Å². The Kier molecular flexibility index (Phi) is 4.22. The van der Waals surface area contributed by atoms with Crippen LogP contribution in [0.2, 0.25) is 0 Å². The van der Waals surface area contributed by atoms with E-state index < -0.39 is 0 Å². The highest BCUT2D eigenvalue weighted by atomic mass is 16.2. The fourth-order valence-electron chi connectivity index (χ4n) is 4.42. The molecule has 0 aromatic carbocycles. The Hall–Kier alpha value is -1.59. The zero-order valence-corrected chi connectivity index (χ0v) is 14.6. The molecule has 4 rings (SSSR count). The zero-order valence-electron chi connectivity index (χ0n) is 14.6. The lowest BCUT2D eigenvalue weighted by Gasteiger charge is -2.35. The largest absolute Gasteiger partial charge is 0.345 e. The summed E-state index contributed by atoms with van der Waals surface area (Å²) >= 11 is 0. The van der Waals surface area contributed by atoms with Crippen LogP contribution in [0.1, 0.15) is 75.6 Å². The van der Waals surface area contributed by atoms with E-state index in [1.54, 1.807) is 7.05 Å². The Morgan fingerprint density at radius 3 is 2.29 bits per heavy atom. The van der Waals surface area contributed by atoms with Gasteiger partial charge in [-0.1, -0.05) is 19.3 Å². The normalized spacial score (nSPS) is 23.6. The minimum atomic E-state index is 0.0215. The molecule has 1 aromatic rings. The van der Waals surface area contributed by atoms with Crippen molar-refractivity contribution in [2.75, 3.05) is 13.1 Å². The average molecular weight is 332 g/mol. The summed E-state index contributed by atoms with van der Waals surface area (Å²) in [4.78, 5) is 27.0. The number of carbonyl (C=O) groups excluding carboxylic acids is 1. The van der Waals surface area contributed by atoms with Crippen molar-refractivity contribution >= 4 is 5.91 Å². The van der Waals surface area contributed by atoms with Gasteiger partial charge in [-0.25, -0.2) is 9.48 Å². The highest BCUT2D eigenvalue weighted by Crippen LogP contribution is 2.37. The number of carbonyl (C=O) groups is 1. The summed E-state index contributed by atoms with van der Waals surface area (Å²) in [5.41, 5.74) is 0.0215. The van der Waals surface area contributed by atoms with E-state index in [9.17, 15) is 9.59 Å². The fraction of sp³-hybridized carbons (Fsp3) is 0.833. The predicted octanol–water partition coefficient (Wildman–Crippen LogP) is 2.20. The zero-order chi connectivity index (χ0) is 16.7. The Morgan fingerprint density at radius 2 is 1.67 bits per heavy atom. The summed E-state index contributed by atoms with van der Waals surface area (Å²) in [6.45, 7) is 1.63. The number of hydrogen-bond acceptors (Lipinski definition) is 3. The SMILES string of the molecule is Cn1nc(C2CCN(C(=O)C3CCCCC3)CC2)n(C2CC2)c1=O. The van der Waals surface area contributed by atoms with Gasteiger partial charge in [0.15, 0.2) is 0 Å². The molecule has 0 N–H and O–H groups in total. The van der Waals surface area contributed by atoms with Gasteiger partial charge in [0.2, 0.25) is 5.91 Å². The molecule has 3 fully saturated rings. The number of likely N-dealkylation sites (tertiary alicyclic amines) is 1. The Bertz CT molecular complexity index is 659. The van der Waals surface area contributed by atoms with Crippen LogP contribution in [-0.2, 0) is 11.8 Å². The number of hydrogen-bond donors (Lipinski definition) is 0. The number of amides is 1. The van der Waals surface area contributed by atoms with Crippen molar-refractivity contribution in [3.63, 3.8) is 0 Å². The second kappa shape index (κ2) is 6.37. The van der Waals surface area contributed by atoms with Crippen LogP contribution in [0.5, 0.6) is 0 Å². The van der Waals surface area contributed by atoms with Crippen molar-refractivity contribution in [2.45, 2.75) is 69.7 Å². The third-order valence-electron chi connectivity index (χ3n) is 6.02. The predicted molar refractivity (Wildman–Crippen MR) is 90.9 cm³/mol. The van der Waals surface area contributed by atoms with Crippen LogP contribution in [0.15, 0.2) is 4.79 Å². The molecule has 3 aliphatic rings. The van der Waals surface area contributed by atoms with Gasteiger partial charge in [0, 0.05) is 38.0 Å². The Morgan fingerprint density at radius 1 is 1.00 bits per heavy atom. The van der Waals surface area contributed by atoms with E-state index in [4.69, 9.17) is 0 Å². The molecule has 0 atom stereocenters. The first-order chi connectivity index (χ1) is 11.6. The molecule has 6 heteroatoms. The third kappa shape index (κ3) is 2.91. The summed E-state index contributed by atoms with van der Waals surface area (Å²) < 4.78 is 3.40. The minimum Gasteiger partial charge on any atom is -0.342 e. The monoisotopic (exact) mass is 332 g/mol. The molecule has 1 aromatic heterocycles. The maximum absolute atomic E-state index is 12.7. The number of rotatable bonds is 3. The van der Waals surface area contributed by atoms with Crippen molar-refractivity contribution in [3.05, 3.63) is 16.3 Å². The second-order valence-corrected chi connectivity index (χ2v) is 7.80. The molecule has 2 saturated carbocycles. The number of piperidine rings is 1. The van der Waals surface area contributed by atoms with Gasteiger partial charge in [0.1, 0.15) is 5.82 Å². The first-order valence-electron chi connectivity index (χ1n) is 9.59. The molecule has 0 unspecified atom stereocenters. The average Bonchev–Trinajstić information content (AvgIpc) is 3.41. The molecule has 132 valence electrons. The molecular weight excluding hydrogens is 304 g/mol. The minimum absolute atomic E-state index is 0.0215. The smallest absolute Gasteiger partial charge is 0.342 e. The molecule has 24 heavy (non-hydrogen) atoms. The van der Waals surface area contributed by atoms with Crippen LogP contribution < -0.4 is 5.69 Å². The summed E-state index contributed by atoms with van der Waals surface area (Å²) in [6, 6.07) is 0.364. The van der Waals surface area contributed by atoms with Crippen molar-refractivity contribution in [1.82, 2.24) is 19.2 Å². The lowest BCUT2D eigenvalue weighted by atomic mass is 9.87. The topological polar surface area (TPSA) is 60.1 Å².